The van der Waals surface area contributed by atoms with Crippen molar-refractivity contribution in [2.24, 2.45) is 0 Å². The van der Waals surface area contributed by atoms with Gasteiger partial charge < -0.3 is 19.7 Å². The van der Waals surface area contributed by atoms with Crippen LogP contribution >= 0.6 is 12.2 Å². The lowest BCUT2D eigenvalue weighted by Crippen LogP contribution is -2.37. The van der Waals surface area contributed by atoms with Crippen molar-refractivity contribution in [2.45, 2.75) is 25.6 Å². The first-order valence-electron chi connectivity index (χ1n) is 11.2. The molecule has 1 aliphatic heterocycles. The van der Waals surface area contributed by atoms with Crippen LogP contribution in [0.3, 0.4) is 0 Å². The lowest BCUT2D eigenvalue weighted by Gasteiger charge is -2.24. The minimum atomic E-state index is -0.702. The Labute approximate surface area is 210 Å². The van der Waals surface area contributed by atoms with E-state index in [1.165, 1.54) is 0 Å². The molecule has 0 radical (unpaired) electrons. The molecule has 1 fully saturated rings. The quantitative estimate of drug-likeness (QED) is 0.454. The molecule has 1 N–H and O–H groups in total. The van der Waals surface area contributed by atoms with Crippen molar-refractivity contribution in [1.82, 2.24) is 9.80 Å². The van der Waals surface area contributed by atoms with Gasteiger partial charge in [0.15, 0.2) is 5.11 Å². The van der Waals surface area contributed by atoms with E-state index in [0.29, 0.717) is 29.6 Å². The summed E-state index contributed by atoms with van der Waals surface area (Å²) < 4.78 is 10.4. The second-order valence-corrected chi connectivity index (χ2v) is 8.53. The zero-order valence-electron chi connectivity index (χ0n) is 19.6. The van der Waals surface area contributed by atoms with E-state index >= 15 is 0 Å². The Morgan fingerprint density at radius 2 is 1.43 bits per heavy atom. The molecule has 0 unspecified atom stereocenters. The summed E-state index contributed by atoms with van der Waals surface area (Å²) in [5.74, 6) is 0.992. The van der Waals surface area contributed by atoms with Gasteiger partial charge in [-0.1, -0.05) is 42.5 Å². The molecule has 0 saturated carbocycles. The molecule has 0 spiro atoms. The Kier molecular flexibility index (Phi) is 7.62. The summed E-state index contributed by atoms with van der Waals surface area (Å²) in [4.78, 5) is 29.8. The number of hydrogen-bond donors (Lipinski definition) is 1. The second kappa shape index (κ2) is 11.0. The van der Waals surface area contributed by atoms with Gasteiger partial charge in [0.1, 0.15) is 17.5 Å². The Balaban J connectivity index is 1.53. The van der Waals surface area contributed by atoms with Gasteiger partial charge in [0, 0.05) is 12.2 Å². The first-order chi connectivity index (χ1) is 17.0. The molecule has 4 rings (SSSR count). The van der Waals surface area contributed by atoms with Gasteiger partial charge in [-0.25, -0.2) is 0 Å². The van der Waals surface area contributed by atoms with Gasteiger partial charge in [0.05, 0.1) is 27.2 Å². The second-order valence-electron chi connectivity index (χ2n) is 8.17. The van der Waals surface area contributed by atoms with Crippen LogP contribution in [0.1, 0.15) is 17.5 Å². The molecule has 3 aromatic carbocycles. The number of carbonyl (C=O) groups is 2. The molecule has 8 heteroatoms. The summed E-state index contributed by atoms with van der Waals surface area (Å²) in [6, 6.07) is 23.6. The number of amides is 2. The van der Waals surface area contributed by atoms with E-state index in [9.17, 15) is 9.59 Å². The Morgan fingerprint density at radius 1 is 0.857 bits per heavy atom. The molecule has 35 heavy (non-hydrogen) atoms. The molecule has 2 amide bonds. The van der Waals surface area contributed by atoms with E-state index in [1.807, 2.05) is 59.5 Å². The number of rotatable bonds is 9. The van der Waals surface area contributed by atoms with Crippen LogP contribution in [0.5, 0.6) is 11.5 Å². The standard InChI is InChI=1S/C27H27N3O4S/c1-33-22-12-8-20(9-13-22)17-29-24(16-25(31)28-21-10-14-23(34-2)15-11-21)26(32)30(27(29)35)18-19-6-4-3-5-7-19/h3-15,24H,16-18H2,1-2H3,(H,28,31)/t24-/m0/s1. The van der Waals surface area contributed by atoms with E-state index in [2.05, 4.69) is 5.32 Å². The molecule has 1 aliphatic rings. The van der Waals surface area contributed by atoms with E-state index in [-0.39, 0.29) is 18.2 Å². The van der Waals surface area contributed by atoms with Crippen LogP contribution in [0.4, 0.5) is 5.69 Å². The summed E-state index contributed by atoms with van der Waals surface area (Å²) in [5.41, 5.74) is 2.56. The molecular formula is C27H27N3O4S. The Bertz CT molecular complexity index is 1180. The normalized spacial score (nSPS) is 15.3. The Hall–Kier alpha value is -3.91. The van der Waals surface area contributed by atoms with Gasteiger partial charge in [0.25, 0.3) is 5.91 Å². The number of ether oxygens (including phenoxy) is 2. The number of hydrogen-bond acceptors (Lipinski definition) is 5. The van der Waals surface area contributed by atoms with Gasteiger partial charge in [0.2, 0.25) is 5.91 Å². The SMILES string of the molecule is COc1ccc(CN2C(=S)N(Cc3ccccc3)C(=O)[C@@H]2CC(=O)Nc2ccc(OC)cc2)cc1. The number of thiocarbonyl (C=S) groups is 1. The molecule has 3 aromatic rings. The van der Waals surface area contributed by atoms with Crippen molar-refractivity contribution in [2.75, 3.05) is 19.5 Å². The van der Waals surface area contributed by atoms with Crippen molar-refractivity contribution < 1.29 is 19.1 Å². The Morgan fingerprint density at radius 3 is 2.03 bits per heavy atom. The highest BCUT2D eigenvalue weighted by molar-refractivity contribution is 7.80. The number of methoxy groups -OCH3 is 2. The van der Waals surface area contributed by atoms with Gasteiger partial charge in [-0.05, 0) is 59.7 Å². The smallest absolute Gasteiger partial charge is 0.252 e. The summed E-state index contributed by atoms with van der Waals surface area (Å²) >= 11 is 5.73. The summed E-state index contributed by atoms with van der Waals surface area (Å²) in [6.45, 7) is 0.758. The third-order valence-corrected chi connectivity index (χ3v) is 6.31. The third kappa shape index (κ3) is 5.78. The highest BCUT2D eigenvalue weighted by Crippen LogP contribution is 2.26. The molecule has 0 aliphatic carbocycles. The topological polar surface area (TPSA) is 71.1 Å². The van der Waals surface area contributed by atoms with E-state index in [4.69, 9.17) is 21.7 Å². The molecule has 180 valence electrons. The predicted octanol–water partition coefficient (Wildman–Crippen LogP) is 4.23. The van der Waals surface area contributed by atoms with Crippen molar-refractivity contribution in [1.29, 1.82) is 0 Å². The fourth-order valence-electron chi connectivity index (χ4n) is 3.97. The van der Waals surface area contributed by atoms with Gasteiger partial charge in [-0.15, -0.1) is 0 Å². The molecule has 0 bridgehead atoms. The van der Waals surface area contributed by atoms with Crippen LogP contribution in [-0.4, -0.2) is 47.0 Å². The summed E-state index contributed by atoms with van der Waals surface area (Å²) in [6.07, 6.45) is -0.0214. The van der Waals surface area contributed by atoms with Crippen LogP contribution in [0, 0.1) is 0 Å². The zero-order valence-corrected chi connectivity index (χ0v) is 20.5. The van der Waals surface area contributed by atoms with Crippen LogP contribution in [-0.2, 0) is 22.7 Å². The number of anilines is 1. The van der Waals surface area contributed by atoms with E-state index in [0.717, 1.165) is 16.9 Å². The largest absolute Gasteiger partial charge is 0.497 e. The van der Waals surface area contributed by atoms with E-state index in [1.54, 1.807) is 43.4 Å². The monoisotopic (exact) mass is 489 g/mol. The lowest BCUT2D eigenvalue weighted by atomic mass is 10.1. The number of benzene rings is 3. The van der Waals surface area contributed by atoms with E-state index < -0.39 is 6.04 Å². The zero-order chi connectivity index (χ0) is 24.8. The average molecular weight is 490 g/mol. The highest BCUT2D eigenvalue weighted by Gasteiger charge is 2.43. The number of nitrogens with one attached hydrogen (secondary N) is 1. The number of carbonyl (C=O) groups excluding carboxylic acids is 2. The fourth-order valence-corrected chi connectivity index (χ4v) is 4.32. The van der Waals surface area contributed by atoms with Crippen LogP contribution in [0.25, 0.3) is 0 Å². The highest BCUT2D eigenvalue weighted by atomic mass is 32.1. The molecule has 1 heterocycles. The molecular weight excluding hydrogens is 462 g/mol. The van der Waals surface area contributed by atoms with Crippen molar-refractivity contribution in [3.8, 4) is 11.5 Å². The minimum Gasteiger partial charge on any atom is -0.497 e. The lowest BCUT2D eigenvalue weighted by molar-refractivity contribution is -0.131. The number of nitrogens with zero attached hydrogens (tertiary/aromatic N) is 2. The van der Waals surface area contributed by atoms with Crippen LogP contribution in [0.2, 0.25) is 0 Å². The van der Waals surface area contributed by atoms with Crippen molar-refractivity contribution in [3.63, 3.8) is 0 Å². The molecule has 1 saturated heterocycles. The molecule has 7 nitrogen and oxygen atoms in total. The maximum atomic E-state index is 13.5. The maximum absolute atomic E-state index is 13.5. The predicted molar refractivity (Wildman–Crippen MR) is 138 cm³/mol. The van der Waals surface area contributed by atoms with Gasteiger partial charge >= 0.3 is 0 Å². The van der Waals surface area contributed by atoms with Crippen LogP contribution in [0.15, 0.2) is 78.9 Å². The average Bonchev–Trinajstić information content (AvgIpc) is 3.09. The minimum absolute atomic E-state index is 0.0214. The first-order valence-corrected chi connectivity index (χ1v) is 11.6. The van der Waals surface area contributed by atoms with Gasteiger partial charge in [-0.2, -0.15) is 0 Å². The molecule has 1 atom stereocenters. The van der Waals surface area contributed by atoms with Crippen LogP contribution < -0.4 is 14.8 Å². The van der Waals surface area contributed by atoms with Crippen molar-refractivity contribution >= 4 is 34.8 Å². The first kappa shape index (κ1) is 24.2. The maximum Gasteiger partial charge on any atom is 0.252 e. The van der Waals surface area contributed by atoms with Gasteiger partial charge in [-0.3, -0.25) is 14.5 Å². The molecule has 0 aromatic heterocycles. The fraction of sp³-hybridized carbons (Fsp3) is 0.222. The van der Waals surface area contributed by atoms with Crippen molar-refractivity contribution in [3.05, 3.63) is 90.0 Å². The third-order valence-electron chi connectivity index (χ3n) is 5.85. The summed E-state index contributed by atoms with van der Waals surface area (Å²) in [7, 11) is 3.20. The summed E-state index contributed by atoms with van der Waals surface area (Å²) in [5, 5.41) is 3.28.